The molecule has 1 saturated carbocycles. The smallest absolute Gasteiger partial charge is 0.325 e. The van der Waals surface area contributed by atoms with Crippen LogP contribution in [0.2, 0.25) is 0 Å². The molecule has 6 heteroatoms. The number of nitrogens with zero attached hydrogens (tertiary/aromatic N) is 1. The van der Waals surface area contributed by atoms with Gasteiger partial charge in [0, 0.05) is 13.0 Å². The number of carbonyl (C=O) groups is 3. The molecular weight excluding hydrogens is 342 g/mol. The number of imide groups is 1. The van der Waals surface area contributed by atoms with Crippen molar-refractivity contribution in [1.82, 2.24) is 15.5 Å². The fourth-order valence-corrected chi connectivity index (χ4v) is 4.03. The third kappa shape index (κ3) is 4.15. The Hall–Kier alpha value is -2.37. The van der Waals surface area contributed by atoms with Gasteiger partial charge in [0.1, 0.15) is 5.54 Å². The SMILES string of the molecule is CCc1ccc([C@@H](C)NC(=O)CCN2C(=O)NC3(CCCCC3)C2=O)cc1. The van der Waals surface area contributed by atoms with Crippen molar-refractivity contribution in [2.45, 2.75) is 70.4 Å². The Balaban J connectivity index is 1.52. The summed E-state index contributed by atoms with van der Waals surface area (Å²) in [6.07, 6.45) is 5.50. The van der Waals surface area contributed by atoms with E-state index in [9.17, 15) is 14.4 Å². The molecule has 0 aromatic heterocycles. The molecule has 0 unspecified atom stereocenters. The number of hydrogen-bond donors (Lipinski definition) is 2. The van der Waals surface area contributed by atoms with E-state index in [1.54, 1.807) is 0 Å². The van der Waals surface area contributed by atoms with Gasteiger partial charge in [-0.05, 0) is 37.3 Å². The number of nitrogens with one attached hydrogen (secondary N) is 2. The fraction of sp³-hybridized carbons (Fsp3) is 0.571. The van der Waals surface area contributed by atoms with E-state index in [0.717, 1.165) is 31.2 Å². The van der Waals surface area contributed by atoms with Crippen LogP contribution in [0, 0.1) is 0 Å². The van der Waals surface area contributed by atoms with E-state index in [1.165, 1.54) is 10.5 Å². The molecule has 1 heterocycles. The minimum absolute atomic E-state index is 0.115. The van der Waals surface area contributed by atoms with Crippen molar-refractivity contribution in [2.24, 2.45) is 0 Å². The average Bonchev–Trinajstić information content (AvgIpc) is 2.90. The maximum atomic E-state index is 12.7. The number of carbonyl (C=O) groups excluding carboxylic acids is 3. The standard InChI is InChI=1S/C21H29N3O3/c1-3-16-7-9-17(10-8-16)15(2)22-18(25)11-14-24-19(26)21(23-20(24)27)12-5-4-6-13-21/h7-10,15H,3-6,11-14H2,1-2H3,(H,22,25)(H,23,27)/t15-/m1/s1. The summed E-state index contributed by atoms with van der Waals surface area (Å²) >= 11 is 0. The second kappa shape index (κ2) is 8.11. The zero-order valence-electron chi connectivity index (χ0n) is 16.2. The van der Waals surface area contributed by atoms with Gasteiger partial charge < -0.3 is 10.6 Å². The summed E-state index contributed by atoms with van der Waals surface area (Å²) in [5.41, 5.74) is 1.57. The van der Waals surface area contributed by atoms with Crippen molar-refractivity contribution < 1.29 is 14.4 Å². The van der Waals surface area contributed by atoms with Crippen molar-refractivity contribution in [3.8, 4) is 0 Å². The number of amides is 4. The van der Waals surface area contributed by atoms with Crippen molar-refractivity contribution in [3.05, 3.63) is 35.4 Å². The second-order valence-electron chi connectivity index (χ2n) is 7.66. The predicted octanol–water partition coefficient (Wildman–Crippen LogP) is 3.07. The Labute approximate surface area is 160 Å². The van der Waals surface area contributed by atoms with Crippen molar-refractivity contribution in [1.29, 1.82) is 0 Å². The van der Waals surface area contributed by atoms with Crippen LogP contribution in [0.4, 0.5) is 4.79 Å². The van der Waals surface area contributed by atoms with Gasteiger partial charge in [0.25, 0.3) is 5.91 Å². The molecule has 1 aromatic rings. The maximum Gasteiger partial charge on any atom is 0.325 e. The van der Waals surface area contributed by atoms with Crippen LogP contribution >= 0.6 is 0 Å². The summed E-state index contributed by atoms with van der Waals surface area (Å²) in [7, 11) is 0. The van der Waals surface area contributed by atoms with Crippen LogP contribution in [0.3, 0.4) is 0 Å². The van der Waals surface area contributed by atoms with E-state index in [2.05, 4.69) is 29.7 Å². The molecule has 27 heavy (non-hydrogen) atoms. The summed E-state index contributed by atoms with van der Waals surface area (Å²) in [5.74, 6) is -0.324. The number of rotatable bonds is 6. The van der Waals surface area contributed by atoms with Crippen LogP contribution in [0.5, 0.6) is 0 Å². The molecule has 146 valence electrons. The summed E-state index contributed by atoms with van der Waals surface area (Å²) in [5, 5.41) is 5.83. The number of hydrogen-bond acceptors (Lipinski definition) is 3. The van der Waals surface area contributed by atoms with Gasteiger partial charge in [-0.3, -0.25) is 14.5 Å². The Morgan fingerprint density at radius 3 is 2.48 bits per heavy atom. The lowest BCUT2D eigenvalue weighted by Crippen LogP contribution is -2.48. The third-order valence-electron chi connectivity index (χ3n) is 5.78. The van der Waals surface area contributed by atoms with E-state index < -0.39 is 5.54 Å². The molecule has 6 nitrogen and oxygen atoms in total. The van der Waals surface area contributed by atoms with E-state index >= 15 is 0 Å². The van der Waals surface area contributed by atoms with Gasteiger partial charge in [0.05, 0.1) is 6.04 Å². The Morgan fingerprint density at radius 1 is 1.19 bits per heavy atom. The Kier molecular flexibility index (Phi) is 5.82. The van der Waals surface area contributed by atoms with Gasteiger partial charge in [-0.2, -0.15) is 0 Å². The van der Waals surface area contributed by atoms with Gasteiger partial charge in [-0.1, -0.05) is 50.5 Å². The number of urea groups is 1. The highest BCUT2D eigenvalue weighted by Crippen LogP contribution is 2.33. The minimum Gasteiger partial charge on any atom is -0.350 e. The molecule has 1 saturated heterocycles. The van der Waals surface area contributed by atoms with Gasteiger partial charge in [0.15, 0.2) is 0 Å². The van der Waals surface area contributed by atoms with E-state index in [-0.39, 0.29) is 36.9 Å². The van der Waals surface area contributed by atoms with Crippen LogP contribution < -0.4 is 10.6 Å². The van der Waals surface area contributed by atoms with Crippen molar-refractivity contribution in [2.75, 3.05) is 6.54 Å². The molecule has 1 aliphatic carbocycles. The normalized spacial score (nSPS) is 19.9. The van der Waals surface area contributed by atoms with Crippen molar-refractivity contribution >= 4 is 17.8 Å². The van der Waals surface area contributed by atoms with Gasteiger partial charge >= 0.3 is 6.03 Å². The highest BCUT2D eigenvalue weighted by Gasteiger charge is 2.51. The molecule has 4 amide bonds. The van der Waals surface area contributed by atoms with Gasteiger partial charge in [-0.25, -0.2) is 4.79 Å². The molecule has 1 aromatic carbocycles. The topological polar surface area (TPSA) is 78.5 Å². The van der Waals surface area contributed by atoms with Crippen LogP contribution in [0.1, 0.15) is 69.5 Å². The van der Waals surface area contributed by atoms with Gasteiger partial charge in [-0.15, -0.1) is 0 Å². The second-order valence-corrected chi connectivity index (χ2v) is 7.66. The minimum atomic E-state index is -0.722. The molecule has 2 N–H and O–H groups in total. The van der Waals surface area contributed by atoms with E-state index in [4.69, 9.17) is 0 Å². The highest BCUT2D eigenvalue weighted by molar-refractivity contribution is 6.07. The first-order valence-corrected chi connectivity index (χ1v) is 9.97. The summed E-state index contributed by atoms with van der Waals surface area (Å²) in [4.78, 5) is 38.5. The Morgan fingerprint density at radius 2 is 1.85 bits per heavy atom. The number of benzene rings is 1. The van der Waals surface area contributed by atoms with Crippen LogP contribution in [0.25, 0.3) is 0 Å². The van der Waals surface area contributed by atoms with Gasteiger partial charge in [0.2, 0.25) is 5.91 Å². The molecule has 3 rings (SSSR count). The fourth-order valence-electron chi connectivity index (χ4n) is 4.03. The van der Waals surface area contributed by atoms with E-state index in [1.807, 2.05) is 19.1 Å². The lowest BCUT2D eigenvalue weighted by Gasteiger charge is -2.30. The molecule has 2 aliphatic rings. The predicted molar refractivity (Wildman–Crippen MR) is 103 cm³/mol. The zero-order valence-corrected chi connectivity index (χ0v) is 16.2. The summed E-state index contributed by atoms with van der Waals surface area (Å²) in [6, 6.07) is 7.69. The lowest BCUT2D eigenvalue weighted by molar-refractivity contribution is -0.132. The van der Waals surface area contributed by atoms with Crippen LogP contribution in [-0.4, -0.2) is 34.8 Å². The first-order valence-electron chi connectivity index (χ1n) is 9.97. The molecule has 0 bridgehead atoms. The monoisotopic (exact) mass is 371 g/mol. The van der Waals surface area contributed by atoms with E-state index in [0.29, 0.717) is 12.8 Å². The average molecular weight is 371 g/mol. The molecule has 2 fully saturated rings. The molecular formula is C21H29N3O3. The zero-order chi connectivity index (χ0) is 19.4. The maximum absolute atomic E-state index is 12.7. The molecule has 1 spiro atoms. The third-order valence-corrected chi connectivity index (χ3v) is 5.78. The van der Waals surface area contributed by atoms with Crippen molar-refractivity contribution in [3.63, 3.8) is 0 Å². The van der Waals surface area contributed by atoms with Crippen LogP contribution in [-0.2, 0) is 16.0 Å². The Bertz CT molecular complexity index is 708. The summed E-state index contributed by atoms with van der Waals surface area (Å²) < 4.78 is 0. The molecule has 0 radical (unpaired) electrons. The highest BCUT2D eigenvalue weighted by atomic mass is 16.2. The first kappa shape index (κ1) is 19.4. The first-order chi connectivity index (χ1) is 12.9. The molecule has 1 aliphatic heterocycles. The quantitative estimate of drug-likeness (QED) is 0.755. The summed E-state index contributed by atoms with van der Waals surface area (Å²) in [6.45, 7) is 4.16. The lowest BCUT2D eigenvalue weighted by atomic mass is 9.82. The number of aryl methyl sites for hydroxylation is 1. The largest absolute Gasteiger partial charge is 0.350 e. The van der Waals surface area contributed by atoms with Crippen LogP contribution in [0.15, 0.2) is 24.3 Å². The molecule has 1 atom stereocenters.